The lowest BCUT2D eigenvalue weighted by molar-refractivity contribution is -0.137. The van der Waals surface area contributed by atoms with Gasteiger partial charge in [-0.05, 0) is 31.9 Å². The summed E-state index contributed by atoms with van der Waals surface area (Å²) in [5.41, 5.74) is -3.48. The smallest absolute Gasteiger partial charge is 0.417 e. The van der Waals surface area contributed by atoms with Crippen molar-refractivity contribution in [1.82, 2.24) is 30.0 Å². The van der Waals surface area contributed by atoms with Crippen molar-refractivity contribution in [2.75, 3.05) is 12.4 Å². The van der Waals surface area contributed by atoms with Gasteiger partial charge in [-0.2, -0.15) is 13.2 Å². The highest BCUT2D eigenvalue weighted by atomic mass is 19.4. The van der Waals surface area contributed by atoms with E-state index in [0.717, 1.165) is 17.7 Å². The van der Waals surface area contributed by atoms with Crippen molar-refractivity contribution >= 4 is 23.5 Å². The summed E-state index contributed by atoms with van der Waals surface area (Å²) < 4.78 is 50.2. The van der Waals surface area contributed by atoms with Gasteiger partial charge < -0.3 is 14.5 Å². The molecule has 0 spiro atoms. The number of nitrogens with zero attached hydrogens (tertiary/aromatic N) is 5. The summed E-state index contributed by atoms with van der Waals surface area (Å²) in [6, 6.07) is 0.912. The molecule has 0 aliphatic heterocycles. The Balaban J connectivity index is 1.86. The summed E-state index contributed by atoms with van der Waals surface area (Å²) in [4.78, 5) is 59.7. The van der Waals surface area contributed by atoms with E-state index in [-0.39, 0.29) is 23.1 Å². The van der Waals surface area contributed by atoms with Crippen LogP contribution in [0.5, 0.6) is 0 Å². The van der Waals surface area contributed by atoms with Crippen molar-refractivity contribution in [2.45, 2.75) is 78.1 Å². The summed E-state index contributed by atoms with van der Waals surface area (Å²) in [7, 11) is 1.13. The van der Waals surface area contributed by atoms with Crippen molar-refractivity contribution in [3.8, 4) is 0 Å². The number of pyridine rings is 1. The fraction of sp³-hybridized carbons (Fsp3) is 0.500. The van der Waals surface area contributed by atoms with Crippen LogP contribution in [-0.4, -0.2) is 55.7 Å². The molecule has 2 amide bonds. The number of hydrogen-bond donors (Lipinski definition) is 2. The summed E-state index contributed by atoms with van der Waals surface area (Å²) in [5.74, 6) is -2.15. The molecular formula is C28H34F3N7O6. The SMILES string of the molecule is COC(=O)Nc1cnc(C(C)(C)C)n(CC(=O)N[C@@H](C(=O)c2nnc(C(C)(C)c3ccc(C(F)(F)F)cn3)o2)C(C)C)c1=O. The molecule has 3 rings (SSSR count). The second-order valence-electron chi connectivity index (χ2n) is 11.9. The first-order chi connectivity index (χ1) is 20.3. The van der Waals surface area contributed by atoms with Crippen molar-refractivity contribution in [3.63, 3.8) is 0 Å². The highest BCUT2D eigenvalue weighted by Gasteiger charge is 2.37. The summed E-state index contributed by atoms with van der Waals surface area (Å²) in [5, 5.41) is 12.6. The minimum absolute atomic E-state index is 0.0793. The van der Waals surface area contributed by atoms with Gasteiger partial charge in [0.1, 0.15) is 18.1 Å². The quantitative estimate of drug-likeness (QED) is 0.334. The maximum Gasteiger partial charge on any atom is 0.417 e. The minimum atomic E-state index is -4.56. The number of Topliss-reactive ketones (excluding diaryl/α,β-unsaturated/α-hetero) is 1. The van der Waals surface area contributed by atoms with Crippen LogP contribution in [0.15, 0.2) is 33.7 Å². The molecule has 0 saturated carbocycles. The van der Waals surface area contributed by atoms with Crippen LogP contribution in [0.25, 0.3) is 0 Å². The Hall–Kier alpha value is -4.63. The normalized spacial score (nSPS) is 13.0. The average Bonchev–Trinajstić information content (AvgIpc) is 3.43. The first kappa shape index (κ1) is 33.9. The molecule has 0 fully saturated rings. The lowest BCUT2D eigenvalue weighted by Crippen LogP contribution is -2.47. The number of ketones is 1. The molecule has 0 aliphatic carbocycles. The van der Waals surface area contributed by atoms with E-state index in [2.05, 4.69) is 35.5 Å². The van der Waals surface area contributed by atoms with Crippen LogP contribution in [0.4, 0.5) is 23.7 Å². The molecule has 3 heterocycles. The number of anilines is 1. The van der Waals surface area contributed by atoms with Crippen LogP contribution in [0.2, 0.25) is 0 Å². The van der Waals surface area contributed by atoms with E-state index < -0.39 is 70.3 Å². The molecule has 0 aliphatic rings. The summed E-state index contributed by atoms with van der Waals surface area (Å²) >= 11 is 0. The van der Waals surface area contributed by atoms with Gasteiger partial charge in [0.25, 0.3) is 11.4 Å². The van der Waals surface area contributed by atoms with Gasteiger partial charge in [-0.25, -0.2) is 9.78 Å². The summed E-state index contributed by atoms with van der Waals surface area (Å²) in [6.45, 7) is 11.3. The maximum absolute atomic E-state index is 13.4. The predicted molar refractivity (Wildman–Crippen MR) is 150 cm³/mol. The van der Waals surface area contributed by atoms with Gasteiger partial charge in [-0.1, -0.05) is 34.6 Å². The van der Waals surface area contributed by atoms with Crippen LogP contribution < -0.4 is 16.2 Å². The van der Waals surface area contributed by atoms with Crippen LogP contribution in [-0.2, 0) is 33.1 Å². The maximum atomic E-state index is 13.4. The average molecular weight is 622 g/mol. The Morgan fingerprint density at radius 2 is 1.68 bits per heavy atom. The van der Waals surface area contributed by atoms with Gasteiger partial charge in [0, 0.05) is 11.6 Å². The van der Waals surface area contributed by atoms with Gasteiger partial charge in [-0.3, -0.25) is 29.3 Å². The molecule has 0 unspecified atom stereocenters. The fourth-order valence-electron chi connectivity index (χ4n) is 4.13. The lowest BCUT2D eigenvalue weighted by atomic mass is 9.88. The van der Waals surface area contributed by atoms with Gasteiger partial charge in [-0.15, -0.1) is 10.2 Å². The largest absolute Gasteiger partial charge is 0.453 e. The van der Waals surface area contributed by atoms with E-state index in [4.69, 9.17) is 4.42 Å². The zero-order chi connectivity index (χ0) is 33.2. The number of ether oxygens (including phenoxy) is 1. The molecule has 3 aromatic heterocycles. The van der Waals surface area contributed by atoms with Gasteiger partial charge in [0.05, 0.1) is 36.0 Å². The van der Waals surface area contributed by atoms with E-state index in [1.54, 1.807) is 48.5 Å². The molecule has 13 nitrogen and oxygen atoms in total. The number of carbonyl (C=O) groups is 3. The third kappa shape index (κ3) is 7.47. The molecular weight excluding hydrogens is 587 g/mol. The Morgan fingerprint density at radius 1 is 1.02 bits per heavy atom. The molecule has 2 N–H and O–H groups in total. The fourth-order valence-corrected chi connectivity index (χ4v) is 4.13. The Kier molecular flexibility index (Phi) is 9.65. The Morgan fingerprint density at radius 3 is 2.20 bits per heavy atom. The lowest BCUT2D eigenvalue weighted by Gasteiger charge is -2.24. The third-order valence-electron chi connectivity index (χ3n) is 6.61. The van der Waals surface area contributed by atoms with Crippen LogP contribution in [0.1, 0.15) is 82.1 Å². The molecule has 0 bridgehead atoms. The molecule has 1 atom stereocenters. The second kappa shape index (κ2) is 12.5. The zero-order valence-corrected chi connectivity index (χ0v) is 25.5. The third-order valence-corrected chi connectivity index (χ3v) is 6.61. The second-order valence-corrected chi connectivity index (χ2v) is 11.9. The van der Waals surface area contributed by atoms with E-state index in [0.29, 0.717) is 6.20 Å². The number of methoxy groups -OCH3 is 1. The zero-order valence-electron chi connectivity index (χ0n) is 25.5. The Labute approximate surface area is 250 Å². The van der Waals surface area contributed by atoms with Gasteiger partial charge in [0.2, 0.25) is 17.6 Å². The van der Waals surface area contributed by atoms with Crippen molar-refractivity contribution < 1.29 is 36.7 Å². The van der Waals surface area contributed by atoms with Crippen LogP contribution in [0.3, 0.4) is 0 Å². The highest BCUT2D eigenvalue weighted by molar-refractivity contribution is 5.98. The topological polar surface area (TPSA) is 171 Å². The number of amides is 2. The van der Waals surface area contributed by atoms with Crippen molar-refractivity contribution in [1.29, 1.82) is 0 Å². The van der Waals surface area contributed by atoms with Crippen LogP contribution >= 0.6 is 0 Å². The number of rotatable bonds is 9. The van der Waals surface area contributed by atoms with E-state index in [9.17, 15) is 32.3 Å². The number of hydrogen-bond acceptors (Lipinski definition) is 10. The molecule has 0 radical (unpaired) electrons. The molecule has 0 saturated heterocycles. The molecule has 3 aromatic rings. The standard InChI is InChI=1S/C28H34F3N7O6/c1-14(2)19(35-18(39)13-38-22(41)16(34-25(42)43-8)12-33-23(38)26(3,4)5)20(40)21-36-37-24(44-21)27(6,7)17-10-9-15(11-32-17)28(29,30)31/h9-12,14,19H,13H2,1-8H3,(H,34,42)(H,35,39)/t19-/m1/s1. The minimum Gasteiger partial charge on any atom is -0.453 e. The van der Waals surface area contributed by atoms with Gasteiger partial charge >= 0.3 is 12.3 Å². The number of carbonyl (C=O) groups excluding carboxylic acids is 3. The molecule has 44 heavy (non-hydrogen) atoms. The van der Waals surface area contributed by atoms with Crippen molar-refractivity contribution in [2.24, 2.45) is 5.92 Å². The molecule has 0 aromatic carbocycles. The first-order valence-corrected chi connectivity index (χ1v) is 13.4. The monoisotopic (exact) mass is 621 g/mol. The van der Waals surface area contributed by atoms with Crippen LogP contribution in [0, 0.1) is 5.92 Å². The number of aromatic nitrogens is 5. The first-order valence-electron chi connectivity index (χ1n) is 13.4. The molecule has 16 heteroatoms. The molecule has 238 valence electrons. The van der Waals surface area contributed by atoms with Crippen molar-refractivity contribution in [3.05, 3.63) is 63.7 Å². The van der Waals surface area contributed by atoms with E-state index in [1.807, 2.05) is 0 Å². The number of alkyl halides is 3. The van der Waals surface area contributed by atoms with Gasteiger partial charge in [0.15, 0.2) is 0 Å². The number of halogens is 3. The Bertz CT molecular complexity index is 1590. The summed E-state index contributed by atoms with van der Waals surface area (Å²) in [6.07, 6.45) is -3.59. The predicted octanol–water partition coefficient (Wildman–Crippen LogP) is 3.87. The van der Waals surface area contributed by atoms with E-state index >= 15 is 0 Å². The highest BCUT2D eigenvalue weighted by Crippen LogP contribution is 2.33. The van der Waals surface area contributed by atoms with E-state index in [1.165, 1.54) is 12.3 Å². The number of nitrogens with one attached hydrogen (secondary N) is 2.